The van der Waals surface area contributed by atoms with Crippen LogP contribution in [0.2, 0.25) is 0 Å². The quantitative estimate of drug-likeness (QED) is 0.418. The smallest absolute Gasteiger partial charge is 0.258 e. The zero-order chi connectivity index (χ0) is 21.5. The minimum absolute atomic E-state index is 0.0696. The SMILES string of the molecule is COc1ccccc1OCC(=O)NCc1ccc(-c2nc(-c3ccccc3)cs2)cc1. The molecule has 0 aliphatic heterocycles. The second kappa shape index (κ2) is 9.91. The summed E-state index contributed by atoms with van der Waals surface area (Å²) in [5.41, 5.74) is 4.16. The van der Waals surface area contributed by atoms with E-state index < -0.39 is 0 Å². The summed E-state index contributed by atoms with van der Waals surface area (Å²) in [6.45, 7) is 0.362. The number of ether oxygens (including phenoxy) is 2. The first-order valence-electron chi connectivity index (χ1n) is 9.86. The Morgan fingerprint density at radius 3 is 2.35 bits per heavy atom. The van der Waals surface area contributed by atoms with Crippen molar-refractivity contribution in [1.29, 1.82) is 0 Å². The van der Waals surface area contributed by atoms with E-state index in [2.05, 4.69) is 22.8 Å². The maximum Gasteiger partial charge on any atom is 0.258 e. The molecule has 31 heavy (non-hydrogen) atoms. The van der Waals surface area contributed by atoms with Crippen LogP contribution in [0.15, 0.2) is 84.2 Å². The van der Waals surface area contributed by atoms with Crippen LogP contribution < -0.4 is 14.8 Å². The van der Waals surface area contributed by atoms with Crippen molar-refractivity contribution in [2.75, 3.05) is 13.7 Å². The summed E-state index contributed by atoms with van der Waals surface area (Å²) >= 11 is 1.62. The van der Waals surface area contributed by atoms with Crippen LogP contribution in [0, 0.1) is 0 Å². The van der Waals surface area contributed by atoms with Gasteiger partial charge in [-0.05, 0) is 17.7 Å². The first-order valence-corrected chi connectivity index (χ1v) is 10.7. The average molecular weight is 431 g/mol. The van der Waals surface area contributed by atoms with Gasteiger partial charge in [-0.15, -0.1) is 11.3 Å². The third kappa shape index (κ3) is 5.29. The number of hydrogen-bond acceptors (Lipinski definition) is 5. The lowest BCUT2D eigenvalue weighted by Gasteiger charge is -2.10. The van der Waals surface area contributed by atoms with Crippen molar-refractivity contribution >= 4 is 17.2 Å². The van der Waals surface area contributed by atoms with Gasteiger partial charge in [0.15, 0.2) is 18.1 Å². The highest BCUT2D eigenvalue weighted by molar-refractivity contribution is 7.13. The van der Waals surface area contributed by atoms with E-state index in [0.717, 1.165) is 27.4 Å². The molecule has 5 nitrogen and oxygen atoms in total. The molecule has 1 heterocycles. The Morgan fingerprint density at radius 1 is 0.903 bits per heavy atom. The van der Waals surface area contributed by atoms with Crippen molar-refractivity contribution in [2.24, 2.45) is 0 Å². The number of thiazole rings is 1. The molecule has 0 unspecified atom stereocenters. The largest absolute Gasteiger partial charge is 0.493 e. The van der Waals surface area contributed by atoms with Gasteiger partial charge in [-0.1, -0.05) is 66.7 Å². The number of methoxy groups -OCH3 is 1. The molecule has 0 spiro atoms. The summed E-state index contributed by atoms with van der Waals surface area (Å²) in [6, 6.07) is 25.4. The number of amides is 1. The maximum absolute atomic E-state index is 12.1. The van der Waals surface area contributed by atoms with Crippen molar-refractivity contribution in [2.45, 2.75) is 6.54 Å². The molecule has 4 aromatic rings. The fourth-order valence-corrected chi connectivity index (χ4v) is 3.88. The van der Waals surface area contributed by atoms with Crippen LogP contribution in [0.3, 0.4) is 0 Å². The highest BCUT2D eigenvalue weighted by Crippen LogP contribution is 2.29. The van der Waals surface area contributed by atoms with Gasteiger partial charge in [-0.3, -0.25) is 4.79 Å². The molecule has 1 amide bonds. The number of aromatic nitrogens is 1. The average Bonchev–Trinajstić information content (AvgIpc) is 3.33. The molecular formula is C25H22N2O3S. The van der Waals surface area contributed by atoms with Crippen LogP contribution in [0.5, 0.6) is 11.5 Å². The van der Waals surface area contributed by atoms with Crippen molar-refractivity contribution in [3.63, 3.8) is 0 Å². The molecule has 1 N–H and O–H groups in total. The molecule has 0 saturated heterocycles. The molecule has 0 aliphatic rings. The van der Waals surface area contributed by atoms with Gasteiger partial charge < -0.3 is 14.8 Å². The molecule has 0 aliphatic carbocycles. The first-order chi connectivity index (χ1) is 15.2. The highest BCUT2D eigenvalue weighted by Gasteiger charge is 2.08. The van der Waals surface area contributed by atoms with Gasteiger partial charge in [0.1, 0.15) is 5.01 Å². The summed E-state index contributed by atoms with van der Waals surface area (Å²) in [6.07, 6.45) is 0. The second-order valence-electron chi connectivity index (χ2n) is 6.82. The van der Waals surface area contributed by atoms with Gasteiger partial charge in [0.2, 0.25) is 0 Å². The Balaban J connectivity index is 1.31. The number of hydrogen-bond donors (Lipinski definition) is 1. The predicted molar refractivity (Wildman–Crippen MR) is 123 cm³/mol. The topological polar surface area (TPSA) is 60.5 Å². The lowest BCUT2D eigenvalue weighted by atomic mass is 10.1. The number of nitrogens with one attached hydrogen (secondary N) is 1. The normalized spacial score (nSPS) is 10.5. The Morgan fingerprint density at radius 2 is 1.61 bits per heavy atom. The van der Waals surface area contributed by atoms with Gasteiger partial charge in [-0.2, -0.15) is 0 Å². The van der Waals surface area contributed by atoms with E-state index in [9.17, 15) is 4.79 Å². The summed E-state index contributed by atoms with van der Waals surface area (Å²) in [5.74, 6) is 0.953. The molecule has 0 saturated carbocycles. The molecule has 0 bridgehead atoms. The summed E-state index contributed by atoms with van der Waals surface area (Å²) in [4.78, 5) is 16.9. The van der Waals surface area contributed by atoms with E-state index in [-0.39, 0.29) is 12.5 Å². The molecule has 6 heteroatoms. The van der Waals surface area contributed by atoms with Crippen molar-refractivity contribution in [3.8, 4) is 33.3 Å². The summed E-state index contributed by atoms with van der Waals surface area (Å²) in [5, 5.41) is 5.92. The lowest BCUT2D eigenvalue weighted by Crippen LogP contribution is -2.28. The number of benzene rings is 3. The Labute approximate surface area is 185 Å². The van der Waals surface area contributed by atoms with Crippen LogP contribution in [0.25, 0.3) is 21.8 Å². The Hall–Kier alpha value is -3.64. The van der Waals surface area contributed by atoms with E-state index in [4.69, 9.17) is 14.5 Å². The Bertz CT molecular complexity index is 1140. The highest BCUT2D eigenvalue weighted by atomic mass is 32.1. The van der Waals surface area contributed by atoms with Crippen LogP contribution in [0.4, 0.5) is 0 Å². The fourth-order valence-electron chi connectivity index (χ4n) is 3.05. The minimum Gasteiger partial charge on any atom is -0.493 e. The van der Waals surface area contributed by atoms with Crippen LogP contribution in [-0.2, 0) is 11.3 Å². The van der Waals surface area contributed by atoms with E-state index in [1.807, 2.05) is 54.6 Å². The summed E-state index contributed by atoms with van der Waals surface area (Å²) in [7, 11) is 1.57. The van der Waals surface area contributed by atoms with Gasteiger partial charge in [0.25, 0.3) is 5.91 Å². The third-order valence-corrected chi connectivity index (χ3v) is 5.58. The molecule has 0 atom stereocenters. The molecule has 3 aromatic carbocycles. The van der Waals surface area contributed by atoms with Crippen LogP contribution >= 0.6 is 11.3 Å². The predicted octanol–water partition coefficient (Wildman–Crippen LogP) is 5.18. The van der Waals surface area contributed by atoms with Crippen molar-refractivity contribution in [3.05, 3.63) is 89.8 Å². The van der Waals surface area contributed by atoms with Crippen LogP contribution in [0.1, 0.15) is 5.56 Å². The molecule has 0 fully saturated rings. The van der Waals surface area contributed by atoms with Crippen molar-refractivity contribution < 1.29 is 14.3 Å². The van der Waals surface area contributed by atoms with Crippen molar-refractivity contribution in [1.82, 2.24) is 10.3 Å². The van der Waals surface area contributed by atoms with E-state index in [0.29, 0.717) is 18.0 Å². The van der Waals surface area contributed by atoms with Gasteiger partial charge in [0, 0.05) is 23.1 Å². The zero-order valence-electron chi connectivity index (χ0n) is 17.1. The third-order valence-electron chi connectivity index (χ3n) is 4.69. The number of para-hydroxylation sites is 2. The Kier molecular flexibility index (Phi) is 6.59. The molecule has 1 aromatic heterocycles. The van der Waals surface area contributed by atoms with E-state index in [1.54, 1.807) is 30.6 Å². The molecule has 156 valence electrons. The maximum atomic E-state index is 12.1. The molecule has 4 rings (SSSR count). The number of carbonyl (C=O) groups excluding carboxylic acids is 1. The number of carbonyl (C=O) groups is 1. The number of nitrogens with zero attached hydrogens (tertiary/aromatic N) is 1. The van der Waals surface area contributed by atoms with E-state index >= 15 is 0 Å². The van der Waals surface area contributed by atoms with Gasteiger partial charge in [0.05, 0.1) is 12.8 Å². The first kappa shape index (κ1) is 20.6. The van der Waals surface area contributed by atoms with Crippen LogP contribution in [-0.4, -0.2) is 24.6 Å². The van der Waals surface area contributed by atoms with Gasteiger partial charge in [-0.25, -0.2) is 4.98 Å². The molecule has 0 radical (unpaired) electrons. The summed E-state index contributed by atoms with van der Waals surface area (Å²) < 4.78 is 10.8. The second-order valence-corrected chi connectivity index (χ2v) is 7.68. The zero-order valence-corrected chi connectivity index (χ0v) is 17.9. The standard InChI is InChI=1S/C25H22N2O3S/c1-29-22-9-5-6-10-23(22)30-16-24(28)26-15-18-11-13-20(14-12-18)25-27-21(17-31-25)19-7-3-2-4-8-19/h2-14,17H,15-16H2,1H3,(H,26,28). The monoisotopic (exact) mass is 430 g/mol. The number of rotatable bonds is 8. The van der Waals surface area contributed by atoms with E-state index in [1.165, 1.54) is 0 Å². The fraction of sp³-hybridized carbons (Fsp3) is 0.120. The lowest BCUT2D eigenvalue weighted by molar-refractivity contribution is -0.123. The minimum atomic E-state index is -0.192. The van der Waals surface area contributed by atoms with Gasteiger partial charge >= 0.3 is 0 Å². The molecular weight excluding hydrogens is 408 g/mol.